The molecule has 0 unspecified atom stereocenters. The van der Waals surface area contributed by atoms with E-state index in [0.29, 0.717) is 23.0 Å². The van der Waals surface area contributed by atoms with Gasteiger partial charge in [0.1, 0.15) is 4.88 Å². The van der Waals surface area contributed by atoms with Crippen molar-refractivity contribution in [3.63, 3.8) is 0 Å². The summed E-state index contributed by atoms with van der Waals surface area (Å²) in [5, 5.41) is 0.983. The summed E-state index contributed by atoms with van der Waals surface area (Å²) < 4.78 is 1.07. The molecule has 0 fully saturated rings. The summed E-state index contributed by atoms with van der Waals surface area (Å²) in [7, 11) is 0. The van der Waals surface area contributed by atoms with Crippen molar-refractivity contribution in [1.29, 1.82) is 0 Å². The van der Waals surface area contributed by atoms with E-state index < -0.39 is 0 Å². The van der Waals surface area contributed by atoms with Crippen molar-refractivity contribution in [1.82, 2.24) is 4.90 Å². The van der Waals surface area contributed by atoms with E-state index in [0.717, 1.165) is 16.6 Å². The highest BCUT2D eigenvalue weighted by atomic mass is 32.1. The number of anilines is 1. The summed E-state index contributed by atoms with van der Waals surface area (Å²) in [4.78, 5) is 15.1. The van der Waals surface area contributed by atoms with Crippen LogP contribution >= 0.6 is 11.3 Å². The Kier molecular flexibility index (Phi) is 4.10. The maximum atomic E-state index is 12.6. The Hall–Kier alpha value is -1.55. The fourth-order valence-corrected chi connectivity index (χ4v) is 3.26. The smallest absolute Gasteiger partial charge is 0.266 e. The molecule has 102 valence electrons. The van der Waals surface area contributed by atoms with Crippen LogP contribution < -0.4 is 5.73 Å². The minimum Gasteiger partial charge on any atom is -0.397 e. The molecule has 2 N–H and O–H groups in total. The lowest BCUT2D eigenvalue weighted by Gasteiger charge is -2.22. The number of nitrogen functional groups attached to an aromatic ring is 1. The van der Waals surface area contributed by atoms with Crippen LogP contribution in [0, 0.1) is 5.92 Å². The van der Waals surface area contributed by atoms with Crippen LogP contribution in [0.1, 0.15) is 30.4 Å². The summed E-state index contributed by atoms with van der Waals surface area (Å²) in [5.41, 5.74) is 6.74. The summed E-state index contributed by atoms with van der Waals surface area (Å²) >= 11 is 1.49. The number of benzene rings is 1. The average molecular weight is 276 g/mol. The summed E-state index contributed by atoms with van der Waals surface area (Å²) in [6.07, 6.45) is 0. The summed E-state index contributed by atoms with van der Waals surface area (Å²) in [6, 6.07) is 7.90. The number of thiophene rings is 1. The zero-order valence-electron chi connectivity index (χ0n) is 11.6. The van der Waals surface area contributed by atoms with Crippen molar-refractivity contribution in [3.05, 3.63) is 29.1 Å². The zero-order valence-corrected chi connectivity index (χ0v) is 12.5. The molecule has 0 spiro atoms. The van der Waals surface area contributed by atoms with E-state index in [2.05, 4.69) is 13.8 Å². The van der Waals surface area contributed by atoms with Crippen LogP contribution in [0.25, 0.3) is 10.1 Å². The van der Waals surface area contributed by atoms with Gasteiger partial charge in [-0.2, -0.15) is 0 Å². The van der Waals surface area contributed by atoms with Crippen LogP contribution in [0.3, 0.4) is 0 Å². The Morgan fingerprint density at radius 1 is 1.37 bits per heavy atom. The Balaban J connectivity index is 2.37. The van der Waals surface area contributed by atoms with E-state index in [9.17, 15) is 4.79 Å². The molecule has 19 heavy (non-hydrogen) atoms. The van der Waals surface area contributed by atoms with E-state index in [4.69, 9.17) is 5.73 Å². The SMILES string of the molecule is CCN(CC(C)C)C(=O)c1sc2ccccc2c1N. The van der Waals surface area contributed by atoms with Crippen LogP contribution in [0.2, 0.25) is 0 Å². The molecule has 1 heterocycles. The highest BCUT2D eigenvalue weighted by molar-refractivity contribution is 7.21. The molecule has 1 aromatic carbocycles. The third kappa shape index (κ3) is 2.73. The van der Waals surface area contributed by atoms with Gasteiger partial charge in [-0.3, -0.25) is 4.79 Å². The van der Waals surface area contributed by atoms with Gasteiger partial charge in [0.2, 0.25) is 0 Å². The minimum absolute atomic E-state index is 0.0508. The average Bonchev–Trinajstić information content (AvgIpc) is 2.73. The quantitative estimate of drug-likeness (QED) is 0.927. The van der Waals surface area contributed by atoms with Crippen molar-refractivity contribution in [2.24, 2.45) is 5.92 Å². The second kappa shape index (κ2) is 5.61. The summed E-state index contributed by atoms with van der Waals surface area (Å²) in [6.45, 7) is 7.71. The molecule has 1 aromatic heterocycles. The largest absolute Gasteiger partial charge is 0.397 e. The minimum atomic E-state index is 0.0508. The maximum absolute atomic E-state index is 12.6. The van der Waals surface area contributed by atoms with Gasteiger partial charge < -0.3 is 10.6 Å². The van der Waals surface area contributed by atoms with Crippen LogP contribution in [0.4, 0.5) is 5.69 Å². The van der Waals surface area contributed by atoms with Crippen molar-refractivity contribution in [2.75, 3.05) is 18.8 Å². The van der Waals surface area contributed by atoms with E-state index in [1.165, 1.54) is 11.3 Å². The summed E-state index contributed by atoms with van der Waals surface area (Å²) in [5.74, 6) is 0.509. The van der Waals surface area contributed by atoms with Gasteiger partial charge in [0.25, 0.3) is 5.91 Å². The van der Waals surface area contributed by atoms with Crippen LogP contribution in [-0.4, -0.2) is 23.9 Å². The number of hydrogen-bond acceptors (Lipinski definition) is 3. The van der Waals surface area contributed by atoms with Gasteiger partial charge >= 0.3 is 0 Å². The molecule has 0 atom stereocenters. The van der Waals surface area contributed by atoms with E-state index in [1.54, 1.807) is 0 Å². The topological polar surface area (TPSA) is 46.3 Å². The number of carbonyl (C=O) groups excluding carboxylic acids is 1. The fourth-order valence-electron chi connectivity index (χ4n) is 2.16. The molecule has 2 rings (SSSR count). The number of carbonyl (C=O) groups is 1. The predicted molar refractivity (Wildman–Crippen MR) is 82.7 cm³/mol. The molecule has 4 heteroatoms. The molecule has 0 saturated heterocycles. The van der Waals surface area contributed by atoms with E-state index >= 15 is 0 Å². The van der Waals surface area contributed by atoms with Gasteiger partial charge in [0.15, 0.2) is 0 Å². The number of hydrogen-bond donors (Lipinski definition) is 1. The Bertz CT molecular complexity index is 589. The first-order valence-electron chi connectivity index (χ1n) is 6.60. The molecule has 0 bridgehead atoms. The van der Waals surface area contributed by atoms with Gasteiger partial charge in [0, 0.05) is 23.2 Å². The zero-order chi connectivity index (χ0) is 14.0. The fraction of sp³-hybridized carbons (Fsp3) is 0.400. The third-order valence-electron chi connectivity index (χ3n) is 3.08. The molecule has 0 aliphatic carbocycles. The van der Waals surface area contributed by atoms with Crippen LogP contribution in [-0.2, 0) is 0 Å². The molecule has 0 aliphatic rings. The van der Waals surface area contributed by atoms with Crippen molar-refractivity contribution >= 4 is 33.0 Å². The van der Waals surface area contributed by atoms with Gasteiger partial charge in [-0.15, -0.1) is 11.3 Å². The van der Waals surface area contributed by atoms with Gasteiger partial charge in [0.05, 0.1) is 5.69 Å². The maximum Gasteiger partial charge on any atom is 0.266 e. The number of amides is 1. The van der Waals surface area contributed by atoms with E-state index in [1.807, 2.05) is 36.1 Å². The monoisotopic (exact) mass is 276 g/mol. The third-order valence-corrected chi connectivity index (χ3v) is 4.26. The first kappa shape index (κ1) is 13.9. The molecule has 2 aromatic rings. The van der Waals surface area contributed by atoms with Crippen molar-refractivity contribution in [3.8, 4) is 0 Å². The highest BCUT2D eigenvalue weighted by Crippen LogP contribution is 2.34. The number of nitrogens with two attached hydrogens (primary N) is 1. The van der Waals surface area contributed by atoms with Crippen molar-refractivity contribution in [2.45, 2.75) is 20.8 Å². The first-order valence-corrected chi connectivity index (χ1v) is 7.42. The van der Waals surface area contributed by atoms with Gasteiger partial charge in [-0.25, -0.2) is 0 Å². The lowest BCUT2D eigenvalue weighted by atomic mass is 10.2. The Morgan fingerprint density at radius 3 is 2.63 bits per heavy atom. The Morgan fingerprint density at radius 2 is 2.05 bits per heavy atom. The van der Waals surface area contributed by atoms with Crippen molar-refractivity contribution < 1.29 is 4.79 Å². The second-order valence-corrected chi connectivity index (χ2v) is 6.13. The first-order chi connectivity index (χ1) is 9.04. The molecule has 1 amide bonds. The predicted octanol–water partition coefficient (Wildman–Crippen LogP) is 3.60. The van der Waals surface area contributed by atoms with Crippen LogP contribution in [0.15, 0.2) is 24.3 Å². The normalized spacial score (nSPS) is 11.2. The molecule has 0 aliphatic heterocycles. The van der Waals surface area contributed by atoms with E-state index in [-0.39, 0.29) is 5.91 Å². The number of rotatable bonds is 4. The molecular weight excluding hydrogens is 256 g/mol. The molecule has 0 radical (unpaired) electrons. The standard InChI is InChI=1S/C15H20N2OS/c1-4-17(9-10(2)3)15(18)14-13(16)11-7-5-6-8-12(11)19-14/h5-8,10H,4,9,16H2,1-3H3. The molecular formula is C15H20N2OS. The number of nitrogens with zero attached hydrogens (tertiary/aromatic N) is 1. The second-order valence-electron chi connectivity index (χ2n) is 5.08. The molecule has 0 saturated carbocycles. The lowest BCUT2D eigenvalue weighted by molar-refractivity contribution is 0.0751. The van der Waals surface area contributed by atoms with Gasteiger partial charge in [-0.1, -0.05) is 32.0 Å². The van der Waals surface area contributed by atoms with Gasteiger partial charge in [-0.05, 0) is 18.9 Å². The number of fused-ring (bicyclic) bond motifs is 1. The van der Waals surface area contributed by atoms with Crippen LogP contribution in [0.5, 0.6) is 0 Å². The lowest BCUT2D eigenvalue weighted by Crippen LogP contribution is -2.33. The highest BCUT2D eigenvalue weighted by Gasteiger charge is 2.21. The Labute approximate surface area is 118 Å². The molecule has 3 nitrogen and oxygen atoms in total.